The standard InChI is InChI=1S/C25H28ClN5O6/c1-37-21(32)25(8-4-6-16-5-2-3-7-17(16)25)13-18-19(31(35)36)20(28-22(26)27-18)29-11-9-24(14-29)10-12-30(15-24)23(33)34/h2-3,5,7H,4,6,8-15H2,1H3,(H,33,34). The highest BCUT2D eigenvalue weighted by Crippen LogP contribution is 2.46. The fraction of sp³-hybridized carbons (Fsp3) is 0.520. The monoisotopic (exact) mass is 529 g/mol. The molecule has 2 aliphatic heterocycles. The van der Waals surface area contributed by atoms with Crippen molar-refractivity contribution in [3.8, 4) is 0 Å². The summed E-state index contributed by atoms with van der Waals surface area (Å²) in [6.45, 7) is 1.71. The van der Waals surface area contributed by atoms with E-state index in [-0.39, 0.29) is 34.3 Å². The van der Waals surface area contributed by atoms with Crippen molar-refractivity contribution in [1.29, 1.82) is 0 Å². The number of benzene rings is 1. The molecule has 1 N–H and O–H groups in total. The van der Waals surface area contributed by atoms with Crippen LogP contribution in [0.3, 0.4) is 0 Å². The van der Waals surface area contributed by atoms with Crippen LogP contribution in [0.5, 0.6) is 0 Å². The van der Waals surface area contributed by atoms with Crippen LogP contribution in [0.2, 0.25) is 5.28 Å². The average molecular weight is 530 g/mol. The van der Waals surface area contributed by atoms with Crippen LogP contribution in [0.4, 0.5) is 16.3 Å². The normalized spacial score (nSPS) is 24.8. The molecule has 196 valence electrons. The summed E-state index contributed by atoms with van der Waals surface area (Å²) in [5.41, 5.74) is 0.177. The smallest absolute Gasteiger partial charge is 0.407 e. The molecule has 2 fully saturated rings. The van der Waals surface area contributed by atoms with E-state index in [1.54, 1.807) is 4.90 Å². The number of hydrogen-bond donors (Lipinski definition) is 1. The molecule has 1 aromatic heterocycles. The molecular weight excluding hydrogens is 502 g/mol. The van der Waals surface area contributed by atoms with Crippen molar-refractivity contribution < 1.29 is 24.4 Å². The molecule has 0 saturated carbocycles. The van der Waals surface area contributed by atoms with Crippen LogP contribution in [-0.4, -0.2) is 70.2 Å². The van der Waals surface area contributed by atoms with Crippen molar-refractivity contribution in [3.63, 3.8) is 0 Å². The minimum atomic E-state index is -1.14. The second kappa shape index (κ2) is 9.44. The first kappa shape index (κ1) is 25.2. The first-order valence-corrected chi connectivity index (χ1v) is 12.7. The fourth-order valence-corrected chi connectivity index (χ4v) is 6.59. The van der Waals surface area contributed by atoms with Gasteiger partial charge < -0.3 is 19.6 Å². The van der Waals surface area contributed by atoms with Gasteiger partial charge in [-0.25, -0.2) is 9.78 Å². The Morgan fingerprint density at radius 3 is 2.65 bits per heavy atom. The predicted molar refractivity (Wildman–Crippen MR) is 134 cm³/mol. The number of aromatic nitrogens is 2. The summed E-state index contributed by atoms with van der Waals surface area (Å²) in [4.78, 5) is 48.4. The number of likely N-dealkylation sites (tertiary alicyclic amines) is 1. The van der Waals surface area contributed by atoms with Gasteiger partial charge in [0.15, 0.2) is 0 Å². The number of nitro groups is 1. The number of anilines is 1. The molecule has 1 aromatic carbocycles. The molecule has 3 aliphatic rings. The number of aryl methyl sites for hydroxylation is 1. The average Bonchev–Trinajstić information content (AvgIpc) is 3.50. The molecule has 2 unspecified atom stereocenters. The van der Waals surface area contributed by atoms with Crippen molar-refractivity contribution >= 4 is 35.2 Å². The third kappa shape index (κ3) is 4.35. The topological polar surface area (TPSA) is 139 Å². The number of halogens is 1. The van der Waals surface area contributed by atoms with Crippen molar-refractivity contribution in [2.45, 2.75) is 43.9 Å². The van der Waals surface area contributed by atoms with Crippen molar-refractivity contribution in [3.05, 3.63) is 56.5 Å². The lowest BCUT2D eigenvalue weighted by atomic mass is 9.67. The summed E-state index contributed by atoms with van der Waals surface area (Å²) < 4.78 is 5.23. The van der Waals surface area contributed by atoms with Gasteiger partial charge >= 0.3 is 17.7 Å². The van der Waals surface area contributed by atoms with E-state index in [2.05, 4.69) is 9.97 Å². The highest BCUT2D eigenvalue weighted by atomic mass is 35.5. The van der Waals surface area contributed by atoms with Gasteiger partial charge in [0, 0.05) is 38.0 Å². The maximum Gasteiger partial charge on any atom is 0.407 e. The summed E-state index contributed by atoms with van der Waals surface area (Å²) in [6.07, 6.45) is 2.34. The summed E-state index contributed by atoms with van der Waals surface area (Å²) in [5.74, 6) is -0.361. The van der Waals surface area contributed by atoms with Crippen LogP contribution in [0.1, 0.15) is 42.5 Å². The molecule has 37 heavy (non-hydrogen) atoms. The molecule has 0 bridgehead atoms. The van der Waals surface area contributed by atoms with E-state index in [1.165, 1.54) is 12.0 Å². The Labute approximate surface area is 218 Å². The van der Waals surface area contributed by atoms with Crippen LogP contribution in [0.15, 0.2) is 24.3 Å². The van der Waals surface area contributed by atoms with Crippen LogP contribution in [0, 0.1) is 15.5 Å². The number of carbonyl (C=O) groups is 2. The number of carbonyl (C=O) groups excluding carboxylic acids is 1. The first-order chi connectivity index (χ1) is 17.7. The molecule has 5 rings (SSSR count). The number of rotatable bonds is 5. The Morgan fingerprint density at radius 2 is 1.95 bits per heavy atom. The minimum absolute atomic E-state index is 0.0476. The number of esters is 1. The Bertz CT molecular complexity index is 1270. The van der Waals surface area contributed by atoms with Gasteiger partial charge in [-0.05, 0) is 54.8 Å². The van der Waals surface area contributed by atoms with Crippen LogP contribution in [-0.2, 0) is 27.8 Å². The van der Waals surface area contributed by atoms with Crippen molar-refractivity contribution in [2.75, 3.05) is 38.2 Å². The van der Waals surface area contributed by atoms with Gasteiger partial charge in [0.2, 0.25) is 11.1 Å². The van der Waals surface area contributed by atoms with Crippen LogP contribution >= 0.6 is 11.6 Å². The molecule has 1 spiro atoms. The predicted octanol–water partition coefficient (Wildman–Crippen LogP) is 3.61. The van der Waals surface area contributed by atoms with E-state index < -0.39 is 22.4 Å². The number of hydrogen-bond acceptors (Lipinski definition) is 8. The highest BCUT2D eigenvalue weighted by Gasteiger charge is 2.49. The lowest BCUT2D eigenvalue weighted by molar-refractivity contribution is -0.385. The zero-order valence-electron chi connectivity index (χ0n) is 20.5. The molecule has 2 saturated heterocycles. The van der Waals surface area contributed by atoms with Gasteiger partial charge in [-0.15, -0.1) is 0 Å². The molecular formula is C25H28ClN5O6. The zero-order valence-corrected chi connectivity index (χ0v) is 21.2. The molecule has 11 nitrogen and oxygen atoms in total. The number of nitrogens with zero attached hydrogens (tertiary/aromatic N) is 5. The number of ether oxygens (including phenoxy) is 1. The van der Waals surface area contributed by atoms with E-state index in [0.29, 0.717) is 45.4 Å². The van der Waals surface area contributed by atoms with E-state index in [9.17, 15) is 24.8 Å². The molecule has 1 amide bonds. The molecule has 2 aromatic rings. The zero-order chi connectivity index (χ0) is 26.4. The third-order valence-corrected chi connectivity index (χ3v) is 8.34. The van der Waals surface area contributed by atoms with Crippen molar-refractivity contribution in [2.24, 2.45) is 5.41 Å². The third-order valence-electron chi connectivity index (χ3n) is 8.17. The Balaban J connectivity index is 1.55. The summed E-state index contributed by atoms with van der Waals surface area (Å²) in [7, 11) is 1.32. The maximum atomic E-state index is 13.3. The van der Waals surface area contributed by atoms with E-state index in [4.69, 9.17) is 16.3 Å². The summed E-state index contributed by atoms with van der Waals surface area (Å²) in [6, 6.07) is 7.59. The molecule has 3 heterocycles. The fourth-order valence-electron chi connectivity index (χ4n) is 6.41. The number of carboxylic acid groups (broad SMARTS) is 1. The van der Waals surface area contributed by atoms with Gasteiger partial charge in [0.25, 0.3) is 0 Å². The van der Waals surface area contributed by atoms with E-state index in [1.807, 2.05) is 24.3 Å². The van der Waals surface area contributed by atoms with Gasteiger partial charge in [-0.3, -0.25) is 14.9 Å². The van der Waals surface area contributed by atoms with E-state index >= 15 is 0 Å². The summed E-state index contributed by atoms with van der Waals surface area (Å²) >= 11 is 6.32. The Morgan fingerprint density at radius 1 is 1.19 bits per heavy atom. The lowest BCUT2D eigenvalue weighted by Gasteiger charge is -2.36. The SMILES string of the molecule is COC(=O)C1(Cc2nc(Cl)nc(N3CCC4(CCN(C(=O)O)C4)C3)c2[N+](=O)[O-])CCCc2ccccc21. The minimum Gasteiger partial charge on any atom is -0.468 e. The molecule has 2 atom stereocenters. The molecule has 12 heteroatoms. The van der Waals surface area contributed by atoms with Crippen LogP contribution in [0.25, 0.3) is 0 Å². The summed E-state index contributed by atoms with van der Waals surface area (Å²) in [5, 5.41) is 21.7. The van der Waals surface area contributed by atoms with Gasteiger partial charge in [0.1, 0.15) is 5.69 Å². The highest BCUT2D eigenvalue weighted by molar-refractivity contribution is 6.28. The lowest BCUT2D eigenvalue weighted by Crippen LogP contribution is -2.42. The largest absolute Gasteiger partial charge is 0.468 e. The Hall–Kier alpha value is -3.47. The Kier molecular flexibility index (Phi) is 6.43. The maximum absolute atomic E-state index is 13.3. The second-order valence-corrected chi connectivity index (χ2v) is 10.6. The quantitative estimate of drug-likeness (QED) is 0.266. The van der Waals surface area contributed by atoms with Gasteiger partial charge in [0.05, 0.1) is 17.4 Å². The number of fused-ring (bicyclic) bond motifs is 1. The van der Waals surface area contributed by atoms with E-state index in [0.717, 1.165) is 24.0 Å². The number of amides is 1. The molecule has 1 aliphatic carbocycles. The van der Waals surface area contributed by atoms with Crippen molar-refractivity contribution in [1.82, 2.24) is 14.9 Å². The van der Waals surface area contributed by atoms with Gasteiger partial charge in [-0.2, -0.15) is 4.98 Å². The second-order valence-electron chi connectivity index (χ2n) is 10.3. The first-order valence-electron chi connectivity index (χ1n) is 12.3. The number of methoxy groups -OCH3 is 1. The molecule has 0 radical (unpaired) electrons. The van der Waals surface area contributed by atoms with Gasteiger partial charge in [-0.1, -0.05) is 24.3 Å². The van der Waals surface area contributed by atoms with Crippen LogP contribution < -0.4 is 4.90 Å².